The van der Waals surface area contributed by atoms with E-state index in [2.05, 4.69) is 6.58 Å². The summed E-state index contributed by atoms with van der Waals surface area (Å²) in [6.07, 6.45) is 5.33. The maximum absolute atomic E-state index is 13.0. The molecule has 0 aliphatic carbocycles. The fourth-order valence-corrected chi connectivity index (χ4v) is 3.11. The van der Waals surface area contributed by atoms with Crippen LogP contribution in [0.15, 0.2) is 64.2 Å². The number of carbonyl (C=O) groups is 1. The Balaban J connectivity index is 1.88. The molecular weight excluding hydrogens is 376 g/mol. The minimum absolute atomic E-state index is 0.0113. The lowest BCUT2D eigenvalue weighted by Gasteiger charge is -2.28. The zero-order valence-electron chi connectivity index (χ0n) is 16.0. The Hall–Kier alpha value is -2.90. The zero-order valence-corrected chi connectivity index (χ0v) is 16.0. The van der Waals surface area contributed by atoms with Crippen molar-refractivity contribution in [2.75, 3.05) is 19.8 Å². The first-order chi connectivity index (χ1) is 14.1. The van der Waals surface area contributed by atoms with Crippen molar-refractivity contribution in [3.05, 3.63) is 70.8 Å². The number of unbranched alkanes of at least 4 members (excludes halogenated alkanes) is 1. The van der Waals surface area contributed by atoms with Gasteiger partial charge in [0.05, 0.1) is 18.3 Å². The summed E-state index contributed by atoms with van der Waals surface area (Å²) >= 11 is 0. The summed E-state index contributed by atoms with van der Waals surface area (Å²) in [5.74, 6) is -1.09. The average molecular weight is 400 g/mol. The predicted molar refractivity (Wildman–Crippen MR) is 106 cm³/mol. The van der Waals surface area contributed by atoms with Crippen LogP contribution in [0, 0.1) is 0 Å². The number of hydrogen-bond donors (Lipinski definition) is 1. The highest BCUT2D eigenvalue weighted by atomic mass is 16.7. The van der Waals surface area contributed by atoms with Crippen molar-refractivity contribution in [2.45, 2.75) is 31.5 Å². The van der Waals surface area contributed by atoms with Gasteiger partial charge >= 0.3 is 5.97 Å². The van der Waals surface area contributed by atoms with Gasteiger partial charge in [-0.05, 0) is 31.1 Å². The van der Waals surface area contributed by atoms with Gasteiger partial charge in [0.15, 0.2) is 5.43 Å². The fraction of sp³-hybridized carbons (Fsp3) is 0.364. The number of fused-ring (bicyclic) bond motifs is 1. The van der Waals surface area contributed by atoms with Crippen molar-refractivity contribution in [1.29, 1.82) is 0 Å². The van der Waals surface area contributed by atoms with Crippen molar-refractivity contribution in [3.63, 3.8) is 0 Å². The van der Waals surface area contributed by atoms with E-state index < -0.39 is 18.2 Å². The normalized spacial score (nSPS) is 18.7. The Labute approximate surface area is 168 Å². The van der Waals surface area contributed by atoms with Gasteiger partial charge in [-0.3, -0.25) is 4.79 Å². The zero-order chi connectivity index (χ0) is 20.6. The standard InChI is InChI=1S/C22H24O7/c1-2-10-27-22(25)19-12-15(13-20(29-19)26-11-6-5-9-23)17-14-28-18-8-4-3-7-16(18)21(17)24/h2-4,7-8,12,14-15,20,23H,1,5-6,9-11,13H2/t15-,20+/m0/s1. The van der Waals surface area contributed by atoms with E-state index in [1.165, 1.54) is 12.3 Å². The fourth-order valence-electron chi connectivity index (χ4n) is 3.11. The van der Waals surface area contributed by atoms with Gasteiger partial charge in [-0.25, -0.2) is 4.79 Å². The van der Waals surface area contributed by atoms with Gasteiger partial charge in [0.1, 0.15) is 12.2 Å². The van der Waals surface area contributed by atoms with E-state index in [4.69, 9.17) is 23.7 Å². The highest BCUT2D eigenvalue weighted by Crippen LogP contribution is 2.31. The first-order valence-electron chi connectivity index (χ1n) is 9.53. The van der Waals surface area contributed by atoms with Crippen LogP contribution in [0.4, 0.5) is 0 Å². The Morgan fingerprint density at radius 3 is 2.93 bits per heavy atom. The van der Waals surface area contributed by atoms with E-state index in [9.17, 15) is 9.59 Å². The molecule has 0 spiro atoms. The van der Waals surface area contributed by atoms with Crippen molar-refractivity contribution in [2.24, 2.45) is 0 Å². The molecule has 1 aromatic carbocycles. The summed E-state index contributed by atoms with van der Waals surface area (Å²) in [6.45, 7) is 4.00. The van der Waals surface area contributed by atoms with Crippen LogP contribution in [0.25, 0.3) is 11.0 Å². The Bertz CT molecular complexity index is 944. The van der Waals surface area contributed by atoms with Crippen LogP contribution in [-0.2, 0) is 19.0 Å². The van der Waals surface area contributed by atoms with Crippen LogP contribution in [0.5, 0.6) is 0 Å². The van der Waals surface area contributed by atoms with Crippen LogP contribution < -0.4 is 5.43 Å². The molecule has 0 saturated heterocycles. The number of ether oxygens (including phenoxy) is 3. The minimum atomic E-state index is -0.721. The molecule has 154 valence electrons. The SMILES string of the molecule is C=CCOC(=O)C1=C[C@H](c2coc3ccccc3c2=O)C[C@H](OCCCCO)O1. The van der Waals surface area contributed by atoms with E-state index >= 15 is 0 Å². The van der Waals surface area contributed by atoms with Crippen LogP contribution >= 0.6 is 0 Å². The van der Waals surface area contributed by atoms with Crippen molar-refractivity contribution >= 4 is 16.9 Å². The molecule has 7 nitrogen and oxygen atoms in total. The van der Waals surface area contributed by atoms with E-state index in [0.29, 0.717) is 42.4 Å². The highest BCUT2D eigenvalue weighted by Gasteiger charge is 2.31. The monoisotopic (exact) mass is 400 g/mol. The second-order valence-electron chi connectivity index (χ2n) is 6.63. The number of carbonyl (C=O) groups excluding carboxylic acids is 1. The van der Waals surface area contributed by atoms with Crippen LogP contribution in [-0.4, -0.2) is 37.2 Å². The molecule has 1 aliphatic heterocycles. The molecule has 2 atom stereocenters. The third-order valence-corrected chi connectivity index (χ3v) is 4.55. The van der Waals surface area contributed by atoms with Crippen LogP contribution in [0.2, 0.25) is 0 Å². The Kier molecular flexibility index (Phi) is 7.21. The molecule has 29 heavy (non-hydrogen) atoms. The second kappa shape index (κ2) is 10.0. The molecule has 3 rings (SSSR count). The summed E-state index contributed by atoms with van der Waals surface area (Å²) in [5, 5.41) is 9.37. The molecule has 0 amide bonds. The van der Waals surface area contributed by atoms with Crippen molar-refractivity contribution in [1.82, 2.24) is 0 Å². The third kappa shape index (κ3) is 5.13. The summed E-state index contributed by atoms with van der Waals surface area (Å²) in [4.78, 5) is 25.3. The lowest BCUT2D eigenvalue weighted by molar-refractivity contribution is -0.160. The number of rotatable bonds is 9. The van der Waals surface area contributed by atoms with Crippen LogP contribution in [0.1, 0.15) is 30.7 Å². The molecular formula is C22H24O7. The molecule has 0 radical (unpaired) electrons. The molecule has 0 unspecified atom stereocenters. The number of para-hydroxylation sites is 1. The van der Waals surface area contributed by atoms with Gasteiger partial charge in [0.2, 0.25) is 12.0 Å². The maximum Gasteiger partial charge on any atom is 0.373 e. The Morgan fingerprint density at radius 2 is 2.14 bits per heavy atom. The van der Waals surface area contributed by atoms with Gasteiger partial charge in [-0.1, -0.05) is 24.8 Å². The highest BCUT2D eigenvalue weighted by molar-refractivity contribution is 5.86. The lowest BCUT2D eigenvalue weighted by atomic mass is 9.93. The summed E-state index contributed by atoms with van der Waals surface area (Å²) < 4.78 is 22.0. The molecule has 0 saturated carbocycles. The second-order valence-corrected chi connectivity index (χ2v) is 6.63. The summed E-state index contributed by atoms with van der Waals surface area (Å²) in [6, 6.07) is 7.00. The van der Waals surface area contributed by atoms with Gasteiger partial charge in [-0.15, -0.1) is 0 Å². The molecule has 2 heterocycles. The van der Waals surface area contributed by atoms with E-state index in [1.807, 2.05) is 0 Å². The maximum atomic E-state index is 13.0. The van der Waals surface area contributed by atoms with Crippen molar-refractivity contribution in [3.8, 4) is 0 Å². The van der Waals surface area contributed by atoms with Crippen LogP contribution in [0.3, 0.4) is 0 Å². The topological polar surface area (TPSA) is 95.2 Å². The molecule has 1 aliphatic rings. The number of esters is 1. The number of allylic oxidation sites excluding steroid dienone is 1. The van der Waals surface area contributed by atoms with E-state index in [-0.39, 0.29) is 24.4 Å². The molecule has 1 aromatic heterocycles. The number of aliphatic hydroxyl groups is 1. The van der Waals surface area contributed by atoms with Crippen molar-refractivity contribution < 1.29 is 28.5 Å². The van der Waals surface area contributed by atoms with E-state index in [0.717, 1.165) is 0 Å². The summed E-state index contributed by atoms with van der Waals surface area (Å²) in [5.41, 5.74) is 0.762. The first kappa shape index (κ1) is 20.8. The van der Waals surface area contributed by atoms with E-state index in [1.54, 1.807) is 30.3 Å². The smallest absolute Gasteiger partial charge is 0.373 e. The third-order valence-electron chi connectivity index (χ3n) is 4.55. The predicted octanol–water partition coefficient (Wildman–Crippen LogP) is 3.03. The molecule has 0 fully saturated rings. The number of aliphatic hydroxyl groups excluding tert-OH is 1. The van der Waals surface area contributed by atoms with Gasteiger partial charge in [-0.2, -0.15) is 0 Å². The first-order valence-corrected chi connectivity index (χ1v) is 9.53. The average Bonchev–Trinajstić information content (AvgIpc) is 2.75. The molecule has 1 N–H and O–H groups in total. The van der Waals surface area contributed by atoms with Gasteiger partial charge in [0.25, 0.3) is 0 Å². The number of hydrogen-bond acceptors (Lipinski definition) is 7. The minimum Gasteiger partial charge on any atom is -0.464 e. The molecule has 2 aromatic rings. The molecule has 7 heteroatoms. The lowest BCUT2D eigenvalue weighted by Crippen LogP contribution is -2.29. The quantitative estimate of drug-likeness (QED) is 0.393. The van der Waals surface area contributed by atoms with Gasteiger partial charge < -0.3 is 23.7 Å². The molecule has 0 bridgehead atoms. The largest absolute Gasteiger partial charge is 0.464 e. The Morgan fingerprint density at radius 1 is 1.31 bits per heavy atom. The number of benzene rings is 1. The summed E-state index contributed by atoms with van der Waals surface area (Å²) in [7, 11) is 0. The van der Waals surface area contributed by atoms with Gasteiger partial charge in [0, 0.05) is 24.5 Å².